The van der Waals surface area contributed by atoms with Crippen LogP contribution in [0.2, 0.25) is 0 Å². The minimum absolute atomic E-state index is 0.138. The van der Waals surface area contributed by atoms with Crippen molar-refractivity contribution in [2.24, 2.45) is 0 Å². The highest BCUT2D eigenvalue weighted by atomic mass is 16.5. The molecule has 1 amide bonds. The first-order chi connectivity index (χ1) is 12.2. The highest BCUT2D eigenvalue weighted by Crippen LogP contribution is 2.38. The van der Waals surface area contributed by atoms with E-state index < -0.39 is 0 Å². The van der Waals surface area contributed by atoms with Crippen LogP contribution in [0.1, 0.15) is 12.0 Å². The van der Waals surface area contributed by atoms with Gasteiger partial charge in [-0.25, -0.2) is 0 Å². The van der Waals surface area contributed by atoms with Gasteiger partial charge in [-0.15, -0.1) is 0 Å². The number of ether oxygens (including phenoxy) is 3. The van der Waals surface area contributed by atoms with Gasteiger partial charge in [0.15, 0.2) is 11.5 Å². The van der Waals surface area contributed by atoms with Gasteiger partial charge in [0, 0.05) is 31.6 Å². The zero-order valence-electron chi connectivity index (χ0n) is 14.8. The topological polar surface area (TPSA) is 61.7 Å². The average Bonchev–Trinajstić information content (AvgIpc) is 3.15. The van der Waals surface area contributed by atoms with Crippen LogP contribution in [0.4, 0.5) is 0 Å². The van der Waals surface area contributed by atoms with E-state index in [9.17, 15) is 4.79 Å². The Labute approximate surface area is 148 Å². The number of benzene rings is 1. The lowest BCUT2D eigenvalue weighted by Gasteiger charge is -2.12. The van der Waals surface area contributed by atoms with Crippen LogP contribution in [0.3, 0.4) is 0 Å². The predicted octanol–water partition coefficient (Wildman–Crippen LogP) is 2.73. The van der Waals surface area contributed by atoms with Gasteiger partial charge in [-0.05, 0) is 42.3 Å². The van der Waals surface area contributed by atoms with E-state index >= 15 is 0 Å². The third-order valence-corrected chi connectivity index (χ3v) is 3.67. The van der Waals surface area contributed by atoms with Crippen LogP contribution in [-0.2, 0) is 11.3 Å². The summed E-state index contributed by atoms with van der Waals surface area (Å²) in [4.78, 5) is 11.9. The molecule has 0 fully saturated rings. The fourth-order valence-electron chi connectivity index (χ4n) is 2.42. The number of hydrogen-bond donors (Lipinski definition) is 1. The average molecular weight is 344 g/mol. The van der Waals surface area contributed by atoms with E-state index in [-0.39, 0.29) is 5.91 Å². The number of nitrogens with one attached hydrogen (secondary N) is 1. The number of aryl methyl sites for hydroxylation is 1. The van der Waals surface area contributed by atoms with Crippen molar-refractivity contribution >= 4 is 12.0 Å². The summed E-state index contributed by atoms with van der Waals surface area (Å²) in [5, 5.41) is 2.87. The minimum atomic E-state index is -0.138. The maximum Gasteiger partial charge on any atom is 0.244 e. The first kappa shape index (κ1) is 18.4. The van der Waals surface area contributed by atoms with E-state index in [1.807, 2.05) is 24.5 Å². The van der Waals surface area contributed by atoms with Crippen LogP contribution in [0.25, 0.3) is 6.08 Å². The molecule has 6 heteroatoms. The molecule has 25 heavy (non-hydrogen) atoms. The fraction of sp³-hybridized carbons (Fsp3) is 0.316. The van der Waals surface area contributed by atoms with Gasteiger partial charge >= 0.3 is 0 Å². The molecule has 1 heterocycles. The Balaban J connectivity index is 1.90. The van der Waals surface area contributed by atoms with Crippen molar-refractivity contribution < 1.29 is 19.0 Å². The second-order valence-electron chi connectivity index (χ2n) is 5.36. The first-order valence-electron chi connectivity index (χ1n) is 8.04. The van der Waals surface area contributed by atoms with Gasteiger partial charge < -0.3 is 24.1 Å². The van der Waals surface area contributed by atoms with Crippen molar-refractivity contribution in [2.75, 3.05) is 27.9 Å². The molecular formula is C19H24N2O4. The van der Waals surface area contributed by atoms with E-state index in [1.54, 1.807) is 39.5 Å². The molecule has 0 bridgehead atoms. The van der Waals surface area contributed by atoms with E-state index in [0.717, 1.165) is 18.5 Å². The Hall–Kier alpha value is -2.89. The third kappa shape index (κ3) is 5.31. The third-order valence-electron chi connectivity index (χ3n) is 3.67. The highest BCUT2D eigenvalue weighted by molar-refractivity contribution is 5.91. The Kier molecular flexibility index (Phi) is 6.95. The summed E-state index contributed by atoms with van der Waals surface area (Å²) in [6, 6.07) is 7.55. The van der Waals surface area contributed by atoms with Crippen LogP contribution in [0.15, 0.2) is 42.7 Å². The molecule has 0 radical (unpaired) electrons. The second-order valence-corrected chi connectivity index (χ2v) is 5.36. The number of rotatable bonds is 9. The number of aromatic nitrogens is 1. The van der Waals surface area contributed by atoms with Crippen molar-refractivity contribution in [1.82, 2.24) is 9.88 Å². The smallest absolute Gasteiger partial charge is 0.244 e. The zero-order chi connectivity index (χ0) is 18.1. The quantitative estimate of drug-likeness (QED) is 0.561. The summed E-state index contributed by atoms with van der Waals surface area (Å²) in [5.74, 6) is 1.49. The first-order valence-corrected chi connectivity index (χ1v) is 8.04. The maximum atomic E-state index is 11.9. The zero-order valence-corrected chi connectivity index (χ0v) is 14.8. The lowest BCUT2D eigenvalue weighted by Crippen LogP contribution is -2.22. The van der Waals surface area contributed by atoms with E-state index in [4.69, 9.17) is 14.2 Å². The minimum Gasteiger partial charge on any atom is -0.493 e. The molecule has 134 valence electrons. The number of methoxy groups -OCH3 is 3. The van der Waals surface area contributed by atoms with Gasteiger partial charge in [0.05, 0.1) is 21.3 Å². The van der Waals surface area contributed by atoms with Crippen molar-refractivity contribution in [3.05, 3.63) is 48.3 Å². The van der Waals surface area contributed by atoms with Gasteiger partial charge in [-0.2, -0.15) is 0 Å². The van der Waals surface area contributed by atoms with Crippen LogP contribution in [-0.4, -0.2) is 38.3 Å². The highest BCUT2D eigenvalue weighted by Gasteiger charge is 2.12. The lowest BCUT2D eigenvalue weighted by molar-refractivity contribution is -0.116. The van der Waals surface area contributed by atoms with E-state index in [0.29, 0.717) is 23.8 Å². The Bertz CT molecular complexity index is 683. The summed E-state index contributed by atoms with van der Waals surface area (Å²) in [5.41, 5.74) is 0.789. The number of amides is 1. The molecule has 2 aromatic rings. The summed E-state index contributed by atoms with van der Waals surface area (Å²) >= 11 is 0. The molecule has 0 aliphatic heterocycles. The summed E-state index contributed by atoms with van der Waals surface area (Å²) < 4.78 is 18.0. The standard InChI is InChI=1S/C19H24N2O4/c1-23-16-13-15(14-17(24-2)19(16)25-3)7-8-18(22)20-9-6-12-21-10-4-5-11-21/h4-5,7-8,10-11,13-14H,6,9,12H2,1-3H3,(H,20,22). The van der Waals surface area contributed by atoms with Crippen molar-refractivity contribution in [3.63, 3.8) is 0 Å². The summed E-state index contributed by atoms with van der Waals surface area (Å²) in [6.45, 7) is 1.50. The molecule has 0 unspecified atom stereocenters. The van der Waals surface area contributed by atoms with E-state index in [2.05, 4.69) is 9.88 Å². The Morgan fingerprint density at radius 2 is 1.72 bits per heavy atom. The molecule has 0 aliphatic rings. The Morgan fingerprint density at radius 1 is 1.08 bits per heavy atom. The van der Waals surface area contributed by atoms with Crippen molar-refractivity contribution in [2.45, 2.75) is 13.0 Å². The number of carbonyl (C=O) groups is 1. The normalized spacial score (nSPS) is 10.7. The molecule has 1 aromatic heterocycles. The number of hydrogen-bond acceptors (Lipinski definition) is 4. The van der Waals surface area contributed by atoms with Crippen LogP contribution < -0.4 is 19.5 Å². The molecule has 1 N–H and O–H groups in total. The van der Waals surface area contributed by atoms with Gasteiger partial charge in [0.25, 0.3) is 0 Å². The molecular weight excluding hydrogens is 320 g/mol. The van der Waals surface area contributed by atoms with Gasteiger partial charge in [0.2, 0.25) is 11.7 Å². The molecule has 0 saturated carbocycles. The van der Waals surface area contributed by atoms with Crippen LogP contribution in [0, 0.1) is 0 Å². The lowest BCUT2D eigenvalue weighted by atomic mass is 10.1. The summed E-state index contributed by atoms with van der Waals surface area (Å²) in [7, 11) is 4.67. The van der Waals surface area contributed by atoms with Crippen molar-refractivity contribution in [1.29, 1.82) is 0 Å². The Morgan fingerprint density at radius 3 is 2.28 bits per heavy atom. The van der Waals surface area contributed by atoms with Crippen molar-refractivity contribution in [3.8, 4) is 17.2 Å². The van der Waals surface area contributed by atoms with Gasteiger partial charge in [0.1, 0.15) is 0 Å². The predicted molar refractivity (Wildman–Crippen MR) is 97.2 cm³/mol. The van der Waals surface area contributed by atoms with Gasteiger partial charge in [-0.1, -0.05) is 0 Å². The number of carbonyl (C=O) groups excluding carboxylic acids is 1. The SMILES string of the molecule is COc1cc(C=CC(=O)NCCCn2cccc2)cc(OC)c1OC. The molecule has 1 aromatic carbocycles. The van der Waals surface area contributed by atoms with E-state index in [1.165, 1.54) is 6.08 Å². The molecule has 0 spiro atoms. The molecule has 6 nitrogen and oxygen atoms in total. The van der Waals surface area contributed by atoms with Crippen LogP contribution >= 0.6 is 0 Å². The van der Waals surface area contributed by atoms with Gasteiger partial charge in [-0.3, -0.25) is 4.79 Å². The largest absolute Gasteiger partial charge is 0.493 e. The molecule has 0 aliphatic carbocycles. The molecule has 0 saturated heterocycles. The second kappa shape index (κ2) is 9.42. The maximum absolute atomic E-state index is 11.9. The fourth-order valence-corrected chi connectivity index (χ4v) is 2.42. The summed E-state index contributed by atoms with van der Waals surface area (Å²) in [6.07, 6.45) is 8.10. The van der Waals surface area contributed by atoms with Crippen LogP contribution in [0.5, 0.6) is 17.2 Å². The monoisotopic (exact) mass is 344 g/mol. The number of nitrogens with zero attached hydrogens (tertiary/aromatic N) is 1. The molecule has 0 atom stereocenters. The molecule has 2 rings (SSSR count).